The van der Waals surface area contributed by atoms with E-state index in [1.54, 1.807) is 0 Å². The molecular weight excluding hydrogens is 224 g/mol. The van der Waals surface area contributed by atoms with Crippen LogP contribution in [0.1, 0.15) is 45.7 Å². The number of aromatic nitrogens is 1. The van der Waals surface area contributed by atoms with E-state index in [-0.39, 0.29) is 5.54 Å². The van der Waals surface area contributed by atoms with Crippen LogP contribution in [0.25, 0.3) is 0 Å². The summed E-state index contributed by atoms with van der Waals surface area (Å²) in [4.78, 5) is 4.36. The van der Waals surface area contributed by atoms with Crippen molar-refractivity contribution < 1.29 is 4.74 Å². The maximum absolute atomic E-state index is 5.76. The Morgan fingerprint density at radius 2 is 2.17 bits per heavy atom. The minimum absolute atomic E-state index is 0.116. The van der Waals surface area contributed by atoms with Gasteiger partial charge in [0, 0.05) is 24.3 Å². The third-order valence-corrected chi connectivity index (χ3v) is 3.08. The maximum atomic E-state index is 5.76. The average Bonchev–Trinajstić information content (AvgIpc) is 3.10. The molecule has 1 fully saturated rings. The molecule has 0 radical (unpaired) electrons. The molecular formula is C15H24N2O. The molecule has 0 spiro atoms. The first-order chi connectivity index (χ1) is 8.53. The SMILES string of the molecule is CC(C)(C)NCc1cc(OCCC2CC2)ccn1. The van der Waals surface area contributed by atoms with Crippen LogP contribution in [0.15, 0.2) is 18.3 Å². The zero-order chi connectivity index (χ0) is 13.0. The number of nitrogens with zero attached hydrogens (tertiary/aromatic N) is 1. The molecule has 1 saturated carbocycles. The molecule has 0 unspecified atom stereocenters. The Bertz CT molecular complexity index is 380. The second kappa shape index (κ2) is 5.70. The highest BCUT2D eigenvalue weighted by Gasteiger charge is 2.20. The quantitative estimate of drug-likeness (QED) is 0.839. The molecule has 3 nitrogen and oxygen atoms in total. The van der Waals surface area contributed by atoms with Gasteiger partial charge in [0.1, 0.15) is 5.75 Å². The minimum atomic E-state index is 0.116. The fourth-order valence-electron chi connectivity index (χ4n) is 1.75. The Balaban J connectivity index is 1.79. The summed E-state index contributed by atoms with van der Waals surface area (Å²) < 4.78 is 5.76. The lowest BCUT2D eigenvalue weighted by Gasteiger charge is -2.20. The Kier molecular flexibility index (Phi) is 4.23. The van der Waals surface area contributed by atoms with Crippen molar-refractivity contribution in [2.45, 2.75) is 52.1 Å². The summed E-state index contributed by atoms with van der Waals surface area (Å²) in [5, 5.41) is 3.43. The van der Waals surface area contributed by atoms with Crippen LogP contribution in [0.3, 0.4) is 0 Å². The molecule has 1 aromatic rings. The lowest BCUT2D eigenvalue weighted by Crippen LogP contribution is -2.35. The van der Waals surface area contributed by atoms with Gasteiger partial charge in [-0.3, -0.25) is 4.98 Å². The Morgan fingerprint density at radius 1 is 1.39 bits per heavy atom. The molecule has 1 aromatic heterocycles. The van der Waals surface area contributed by atoms with Gasteiger partial charge in [0.05, 0.1) is 12.3 Å². The molecule has 18 heavy (non-hydrogen) atoms. The molecule has 0 amide bonds. The van der Waals surface area contributed by atoms with Crippen LogP contribution in [0.4, 0.5) is 0 Å². The zero-order valence-electron chi connectivity index (χ0n) is 11.7. The molecule has 1 aliphatic carbocycles. The van der Waals surface area contributed by atoms with Gasteiger partial charge in [-0.25, -0.2) is 0 Å². The third kappa shape index (κ3) is 5.05. The molecule has 0 bridgehead atoms. The van der Waals surface area contributed by atoms with Crippen LogP contribution in [0, 0.1) is 5.92 Å². The fourth-order valence-corrected chi connectivity index (χ4v) is 1.75. The molecule has 0 aliphatic heterocycles. The minimum Gasteiger partial charge on any atom is -0.493 e. The van der Waals surface area contributed by atoms with Crippen LogP contribution in [-0.4, -0.2) is 17.1 Å². The molecule has 0 atom stereocenters. The molecule has 100 valence electrons. The topological polar surface area (TPSA) is 34.1 Å². The Labute approximate surface area is 110 Å². The molecule has 2 rings (SSSR count). The second-order valence-corrected chi connectivity index (χ2v) is 6.17. The van der Waals surface area contributed by atoms with Crippen LogP contribution in [-0.2, 0) is 6.54 Å². The summed E-state index contributed by atoms with van der Waals surface area (Å²) in [6.45, 7) is 8.08. The highest BCUT2D eigenvalue weighted by molar-refractivity contribution is 5.22. The van der Waals surface area contributed by atoms with Crippen molar-refractivity contribution in [3.8, 4) is 5.75 Å². The number of nitrogens with one attached hydrogen (secondary N) is 1. The van der Waals surface area contributed by atoms with Crippen molar-refractivity contribution in [1.29, 1.82) is 0 Å². The van der Waals surface area contributed by atoms with Gasteiger partial charge in [0.2, 0.25) is 0 Å². The van der Waals surface area contributed by atoms with E-state index in [0.717, 1.165) is 30.5 Å². The lowest BCUT2D eigenvalue weighted by molar-refractivity contribution is 0.301. The van der Waals surface area contributed by atoms with Crippen molar-refractivity contribution in [1.82, 2.24) is 10.3 Å². The summed E-state index contributed by atoms with van der Waals surface area (Å²) >= 11 is 0. The van der Waals surface area contributed by atoms with Gasteiger partial charge in [-0.2, -0.15) is 0 Å². The maximum Gasteiger partial charge on any atom is 0.122 e. The van der Waals surface area contributed by atoms with Gasteiger partial charge in [-0.1, -0.05) is 12.8 Å². The number of ether oxygens (including phenoxy) is 1. The van der Waals surface area contributed by atoms with Crippen LogP contribution in [0.2, 0.25) is 0 Å². The summed E-state index contributed by atoms with van der Waals surface area (Å²) in [6, 6.07) is 3.97. The van der Waals surface area contributed by atoms with Gasteiger partial charge in [-0.05, 0) is 39.2 Å². The third-order valence-electron chi connectivity index (χ3n) is 3.08. The van der Waals surface area contributed by atoms with E-state index in [2.05, 4.69) is 31.1 Å². The number of rotatable bonds is 6. The highest BCUT2D eigenvalue weighted by Crippen LogP contribution is 2.32. The molecule has 3 heteroatoms. The molecule has 1 heterocycles. The number of hydrogen-bond acceptors (Lipinski definition) is 3. The second-order valence-electron chi connectivity index (χ2n) is 6.17. The molecule has 0 aromatic carbocycles. The van der Waals surface area contributed by atoms with Gasteiger partial charge in [0.25, 0.3) is 0 Å². The first-order valence-electron chi connectivity index (χ1n) is 6.86. The fraction of sp³-hybridized carbons (Fsp3) is 0.667. The van der Waals surface area contributed by atoms with E-state index < -0.39 is 0 Å². The summed E-state index contributed by atoms with van der Waals surface area (Å²) in [6.07, 6.45) is 5.80. The van der Waals surface area contributed by atoms with Crippen molar-refractivity contribution in [3.05, 3.63) is 24.0 Å². The highest BCUT2D eigenvalue weighted by atomic mass is 16.5. The van der Waals surface area contributed by atoms with E-state index in [1.807, 2.05) is 18.3 Å². The van der Waals surface area contributed by atoms with Crippen molar-refractivity contribution >= 4 is 0 Å². The summed E-state index contributed by atoms with van der Waals surface area (Å²) in [7, 11) is 0. The van der Waals surface area contributed by atoms with Crippen LogP contribution >= 0.6 is 0 Å². The number of pyridine rings is 1. The largest absolute Gasteiger partial charge is 0.493 e. The first kappa shape index (κ1) is 13.3. The monoisotopic (exact) mass is 248 g/mol. The standard InChI is InChI=1S/C15H24N2O/c1-15(2,3)17-11-13-10-14(6-8-16-13)18-9-7-12-4-5-12/h6,8,10,12,17H,4-5,7,9,11H2,1-3H3. The van der Waals surface area contributed by atoms with Crippen molar-refractivity contribution in [2.75, 3.05) is 6.61 Å². The summed E-state index contributed by atoms with van der Waals surface area (Å²) in [5.41, 5.74) is 1.15. The van der Waals surface area contributed by atoms with Crippen LogP contribution < -0.4 is 10.1 Å². The predicted octanol–water partition coefficient (Wildman–Crippen LogP) is 3.15. The van der Waals surface area contributed by atoms with E-state index in [0.29, 0.717) is 0 Å². The predicted molar refractivity (Wildman–Crippen MR) is 73.7 cm³/mol. The van der Waals surface area contributed by atoms with Crippen LogP contribution in [0.5, 0.6) is 5.75 Å². The van der Waals surface area contributed by atoms with E-state index in [1.165, 1.54) is 19.3 Å². The van der Waals surface area contributed by atoms with Gasteiger partial charge < -0.3 is 10.1 Å². The molecule has 1 N–H and O–H groups in total. The summed E-state index contributed by atoms with van der Waals surface area (Å²) in [5.74, 6) is 1.87. The van der Waals surface area contributed by atoms with E-state index in [4.69, 9.17) is 4.74 Å². The van der Waals surface area contributed by atoms with Crippen molar-refractivity contribution in [3.63, 3.8) is 0 Å². The smallest absolute Gasteiger partial charge is 0.122 e. The normalized spacial score (nSPS) is 15.7. The zero-order valence-corrected chi connectivity index (χ0v) is 11.7. The Hall–Kier alpha value is -1.09. The first-order valence-corrected chi connectivity index (χ1v) is 6.86. The van der Waals surface area contributed by atoms with Gasteiger partial charge >= 0.3 is 0 Å². The molecule has 1 aliphatic rings. The van der Waals surface area contributed by atoms with E-state index >= 15 is 0 Å². The van der Waals surface area contributed by atoms with Crippen molar-refractivity contribution in [2.24, 2.45) is 5.92 Å². The number of hydrogen-bond donors (Lipinski definition) is 1. The van der Waals surface area contributed by atoms with E-state index in [9.17, 15) is 0 Å². The van der Waals surface area contributed by atoms with Gasteiger partial charge in [-0.15, -0.1) is 0 Å². The van der Waals surface area contributed by atoms with Gasteiger partial charge in [0.15, 0.2) is 0 Å². The Morgan fingerprint density at radius 3 is 2.83 bits per heavy atom. The lowest BCUT2D eigenvalue weighted by atomic mass is 10.1. The molecule has 0 saturated heterocycles. The average molecular weight is 248 g/mol.